The van der Waals surface area contributed by atoms with Crippen LogP contribution in [0.2, 0.25) is 0 Å². The summed E-state index contributed by atoms with van der Waals surface area (Å²) >= 11 is 0. The molecule has 1 aromatic rings. The van der Waals surface area contributed by atoms with Crippen LogP contribution in [0.3, 0.4) is 0 Å². The summed E-state index contributed by atoms with van der Waals surface area (Å²) in [5.74, 6) is 6.94. The minimum absolute atomic E-state index is 0.423. The topological polar surface area (TPSA) is 63.0 Å². The number of nitrogens with two attached hydrogens (primary N) is 1. The molecule has 0 aliphatic heterocycles. The maximum Gasteiger partial charge on any atom is 0.142 e. The Kier molecular flexibility index (Phi) is 3.84. The van der Waals surface area contributed by atoms with Gasteiger partial charge in [-0.1, -0.05) is 32.3 Å². The standard InChI is InChI=1S/C13H22N4/c1-13(8-3-2-4-9-13)10-15-11-6-5-7-12(16-11)17-14/h5-7H,2-4,8-10,14H2,1H3,(H2,15,16,17). The van der Waals surface area contributed by atoms with E-state index in [2.05, 4.69) is 22.7 Å². The lowest BCUT2D eigenvalue weighted by Gasteiger charge is -2.33. The average molecular weight is 234 g/mol. The Labute approximate surface area is 103 Å². The molecule has 1 aliphatic rings. The molecule has 0 amide bonds. The summed E-state index contributed by atoms with van der Waals surface area (Å²) in [6, 6.07) is 5.79. The van der Waals surface area contributed by atoms with Crippen LogP contribution < -0.4 is 16.6 Å². The molecule has 0 aromatic carbocycles. The fraction of sp³-hybridized carbons (Fsp3) is 0.615. The van der Waals surface area contributed by atoms with Crippen LogP contribution in [0, 0.1) is 5.41 Å². The first kappa shape index (κ1) is 12.2. The van der Waals surface area contributed by atoms with Crippen LogP contribution in [0.25, 0.3) is 0 Å². The highest BCUT2D eigenvalue weighted by Crippen LogP contribution is 2.35. The van der Waals surface area contributed by atoms with Crippen LogP contribution >= 0.6 is 0 Å². The molecule has 17 heavy (non-hydrogen) atoms. The zero-order valence-electron chi connectivity index (χ0n) is 10.5. The number of hydrogen-bond acceptors (Lipinski definition) is 4. The van der Waals surface area contributed by atoms with Crippen molar-refractivity contribution in [2.45, 2.75) is 39.0 Å². The molecule has 0 saturated heterocycles. The zero-order chi connectivity index (χ0) is 12.1. The number of rotatable bonds is 4. The third kappa shape index (κ3) is 3.33. The molecule has 0 bridgehead atoms. The van der Waals surface area contributed by atoms with E-state index in [1.54, 1.807) is 0 Å². The lowest BCUT2D eigenvalue weighted by molar-refractivity contribution is 0.233. The number of hydrazine groups is 1. The molecule has 1 aromatic heterocycles. The fourth-order valence-electron chi connectivity index (χ4n) is 2.50. The van der Waals surface area contributed by atoms with Gasteiger partial charge in [-0.05, 0) is 30.4 Å². The Bertz CT molecular complexity index is 358. The molecule has 0 radical (unpaired) electrons. The average Bonchev–Trinajstić information content (AvgIpc) is 2.38. The highest BCUT2D eigenvalue weighted by atomic mass is 15.3. The third-order valence-corrected chi connectivity index (χ3v) is 3.65. The predicted octanol–water partition coefficient (Wildman–Crippen LogP) is 2.75. The number of nitrogens with one attached hydrogen (secondary N) is 2. The molecule has 1 saturated carbocycles. The van der Waals surface area contributed by atoms with Crippen molar-refractivity contribution >= 4 is 11.6 Å². The molecule has 4 N–H and O–H groups in total. The minimum atomic E-state index is 0.423. The monoisotopic (exact) mass is 234 g/mol. The Hall–Kier alpha value is -1.29. The number of pyridine rings is 1. The van der Waals surface area contributed by atoms with Gasteiger partial charge in [0.05, 0.1) is 0 Å². The smallest absolute Gasteiger partial charge is 0.142 e. The van der Waals surface area contributed by atoms with Gasteiger partial charge in [0.25, 0.3) is 0 Å². The normalized spacial score (nSPS) is 18.7. The lowest BCUT2D eigenvalue weighted by atomic mass is 9.76. The lowest BCUT2D eigenvalue weighted by Crippen LogP contribution is -2.29. The molecular formula is C13H22N4. The highest BCUT2D eigenvalue weighted by Gasteiger charge is 2.26. The molecule has 0 spiro atoms. The van der Waals surface area contributed by atoms with Crippen LogP contribution in [0.5, 0.6) is 0 Å². The van der Waals surface area contributed by atoms with Crippen molar-refractivity contribution in [3.8, 4) is 0 Å². The van der Waals surface area contributed by atoms with E-state index in [-0.39, 0.29) is 0 Å². The van der Waals surface area contributed by atoms with Gasteiger partial charge in [0, 0.05) is 6.54 Å². The van der Waals surface area contributed by atoms with Crippen molar-refractivity contribution in [2.24, 2.45) is 11.3 Å². The van der Waals surface area contributed by atoms with Gasteiger partial charge >= 0.3 is 0 Å². The molecule has 1 heterocycles. The number of hydrogen-bond donors (Lipinski definition) is 3. The SMILES string of the molecule is CC1(CNc2cccc(NN)n2)CCCCC1. The molecule has 2 rings (SSSR count). The first-order valence-corrected chi connectivity index (χ1v) is 6.39. The van der Waals surface area contributed by atoms with E-state index >= 15 is 0 Å². The van der Waals surface area contributed by atoms with Crippen LogP contribution in [-0.4, -0.2) is 11.5 Å². The molecule has 1 aliphatic carbocycles. The molecule has 0 unspecified atom stereocenters. The Balaban J connectivity index is 1.92. The number of anilines is 2. The predicted molar refractivity (Wildman–Crippen MR) is 71.7 cm³/mol. The summed E-state index contributed by atoms with van der Waals surface area (Å²) < 4.78 is 0. The minimum Gasteiger partial charge on any atom is -0.369 e. The number of nitrogen functional groups attached to an aromatic ring is 1. The third-order valence-electron chi connectivity index (χ3n) is 3.65. The van der Waals surface area contributed by atoms with Crippen LogP contribution in [0.15, 0.2) is 18.2 Å². The summed E-state index contributed by atoms with van der Waals surface area (Å²) in [7, 11) is 0. The summed E-state index contributed by atoms with van der Waals surface area (Å²) in [6.07, 6.45) is 6.73. The second-order valence-electron chi connectivity index (χ2n) is 5.28. The van der Waals surface area contributed by atoms with Gasteiger partial charge in [-0.3, -0.25) is 0 Å². The molecule has 0 atom stereocenters. The van der Waals surface area contributed by atoms with E-state index in [1.807, 2.05) is 18.2 Å². The first-order valence-electron chi connectivity index (χ1n) is 6.39. The Morgan fingerprint density at radius 2 is 1.94 bits per heavy atom. The highest BCUT2D eigenvalue weighted by molar-refractivity contribution is 5.44. The maximum absolute atomic E-state index is 5.34. The van der Waals surface area contributed by atoms with Gasteiger partial charge < -0.3 is 10.7 Å². The quantitative estimate of drug-likeness (QED) is 0.553. The van der Waals surface area contributed by atoms with Gasteiger partial charge in [-0.25, -0.2) is 10.8 Å². The second-order valence-corrected chi connectivity index (χ2v) is 5.28. The maximum atomic E-state index is 5.34. The van der Waals surface area contributed by atoms with E-state index in [0.717, 1.165) is 12.4 Å². The Morgan fingerprint density at radius 3 is 2.65 bits per heavy atom. The summed E-state index contributed by atoms with van der Waals surface area (Å²) in [5, 5.41) is 3.42. The zero-order valence-corrected chi connectivity index (χ0v) is 10.5. The van der Waals surface area contributed by atoms with Gasteiger partial charge in [0.2, 0.25) is 0 Å². The summed E-state index contributed by atoms with van der Waals surface area (Å²) in [5.41, 5.74) is 2.99. The molecule has 1 fully saturated rings. The van der Waals surface area contributed by atoms with E-state index in [0.29, 0.717) is 11.2 Å². The van der Waals surface area contributed by atoms with Crippen LogP contribution in [0.4, 0.5) is 11.6 Å². The first-order chi connectivity index (χ1) is 8.22. The van der Waals surface area contributed by atoms with E-state index in [4.69, 9.17) is 5.84 Å². The summed E-state index contributed by atoms with van der Waals surface area (Å²) in [6.45, 7) is 3.36. The van der Waals surface area contributed by atoms with Gasteiger partial charge in [-0.2, -0.15) is 0 Å². The largest absolute Gasteiger partial charge is 0.369 e. The molecule has 4 nitrogen and oxygen atoms in total. The van der Waals surface area contributed by atoms with E-state index in [9.17, 15) is 0 Å². The Morgan fingerprint density at radius 1 is 1.24 bits per heavy atom. The molecule has 4 heteroatoms. The van der Waals surface area contributed by atoms with E-state index in [1.165, 1.54) is 32.1 Å². The van der Waals surface area contributed by atoms with Crippen molar-refractivity contribution in [1.29, 1.82) is 0 Å². The van der Waals surface area contributed by atoms with Gasteiger partial charge in [-0.15, -0.1) is 0 Å². The van der Waals surface area contributed by atoms with Crippen molar-refractivity contribution in [2.75, 3.05) is 17.3 Å². The number of aromatic nitrogens is 1. The van der Waals surface area contributed by atoms with Gasteiger partial charge in [0.15, 0.2) is 0 Å². The van der Waals surface area contributed by atoms with Gasteiger partial charge in [0.1, 0.15) is 11.6 Å². The molecule has 94 valence electrons. The summed E-state index contributed by atoms with van der Waals surface area (Å²) in [4.78, 5) is 4.36. The van der Waals surface area contributed by atoms with Crippen molar-refractivity contribution in [1.82, 2.24) is 4.98 Å². The second kappa shape index (κ2) is 5.36. The number of nitrogens with zero attached hydrogens (tertiary/aromatic N) is 1. The van der Waals surface area contributed by atoms with Crippen LogP contribution in [-0.2, 0) is 0 Å². The molecular weight excluding hydrogens is 212 g/mol. The fourth-order valence-corrected chi connectivity index (χ4v) is 2.50. The van der Waals surface area contributed by atoms with Crippen LogP contribution in [0.1, 0.15) is 39.0 Å². The van der Waals surface area contributed by atoms with E-state index < -0.39 is 0 Å². The van der Waals surface area contributed by atoms with Crippen molar-refractivity contribution in [3.63, 3.8) is 0 Å². The van der Waals surface area contributed by atoms with Crippen molar-refractivity contribution < 1.29 is 0 Å². The van der Waals surface area contributed by atoms with Crippen molar-refractivity contribution in [3.05, 3.63) is 18.2 Å².